The molecule has 0 saturated carbocycles. The summed E-state index contributed by atoms with van der Waals surface area (Å²) < 4.78 is 0. The second-order valence-corrected chi connectivity index (χ2v) is 6.47. The second kappa shape index (κ2) is 8.05. The lowest BCUT2D eigenvalue weighted by Crippen LogP contribution is -2.41. The van der Waals surface area contributed by atoms with Gasteiger partial charge in [-0.3, -0.25) is 14.5 Å². The molecule has 2 rings (SSSR count). The smallest absolute Gasteiger partial charge is 0.323 e. The molecule has 0 bridgehead atoms. The molecule has 1 amide bonds. The van der Waals surface area contributed by atoms with Crippen LogP contribution in [0.15, 0.2) is 12.4 Å². The standard InChI is InChI=1S/C16H25N5O3/c1-11(2)21(9-13-4-5-14(22)19-13)8-12-6-17-16(18-7-12)20(3)10-15(23)24/h6-7,11,13H,4-5,8-10H2,1-3H3,(H,19,22)(H,23,24). The second-order valence-electron chi connectivity index (χ2n) is 6.47. The van der Waals surface area contributed by atoms with E-state index in [2.05, 4.69) is 34.0 Å². The van der Waals surface area contributed by atoms with E-state index in [1.54, 1.807) is 19.4 Å². The van der Waals surface area contributed by atoms with Gasteiger partial charge in [0, 0.05) is 56.6 Å². The Morgan fingerprint density at radius 2 is 2.08 bits per heavy atom. The number of carboxylic acids is 1. The van der Waals surface area contributed by atoms with Crippen molar-refractivity contribution in [1.82, 2.24) is 20.2 Å². The number of aromatic nitrogens is 2. The molecule has 1 aromatic heterocycles. The fourth-order valence-electron chi connectivity index (χ4n) is 2.69. The van der Waals surface area contributed by atoms with Crippen LogP contribution in [-0.2, 0) is 16.1 Å². The summed E-state index contributed by atoms with van der Waals surface area (Å²) in [5, 5.41) is 11.8. The Morgan fingerprint density at radius 3 is 2.58 bits per heavy atom. The van der Waals surface area contributed by atoms with Crippen LogP contribution >= 0.6 is 0 Å². The number of anilines is 1. The molecular weight excluding hydrogens is 310 g/mol. The Labute approximate surface area is 141 Å². The third-order valence-corrected chi connectivity index (χ3v) is 4.06. The molecule has 1 fully saturated rings. The number of carbonyl (C=O) groups is 2. The molecule has 0 radical (unpaired) electrons. The van der Waals surface area contributed by atoms with Crippen molar-refractivity contribution in [2.75, 3.05) is 25.0 Å². The van der Waals surface area contributed by atoms with E-state index in [4.69, 9.17) is 5.11 Å². The molecule has 1 saturated heterocycles. The zero-order valence-electron chi connectivity index (χ0n) is 14.4. The predicted molar refractivity (Wildman–Crippen MR) is 89.6 cm³/mol. The first-order chi connectivity index (χ1) is 11.3. The Morgan fingerprint density at radius 1 is 1.42 bits per heavy atom. The number of hydrogen-bond acceptors (Lipinski definition) is 6. The number of carbonyl (C=O) groups excluding carboxylic acids is 1. The molecule has 1 unspecified atom stereocenters. The zero-order chi connectivity index (χ0) is 17.7. The van der Waals surface area contributed by atoms with Crippen molar-refractivity contribution in [3.63, 3.8) is 0 Å². The first-order valence-corrected chi connectivity index (χ1v) is 8.12. The average Bonchev–Trinajstić information content (AvgIpc) is 2.91. The van der Waals surface area contributed by atoms with Gasteiger partial charge >= 0.3 is 5.97 Å². The van der Waals surface area contributed by atoms with Crippen LogP contribution < -0.4 is 10.2 Å². The van der Waals surface area contributed by atoms with Crippen LogP contribution in [0.2, 0.25) is 0 Å². The highest BCUT2D eigenvalue weighted by Crippen LogP contribution is 2.14. The van der Waals surface area contributed by atoms with Gasteiger partial charge in [0.25, 0.3) is 0 Å². The molecule has 8 nitrogen and oxygen atoms in total. The van der Waals surface area contributed by atoms with Crippen LogP contribution in [0, 0.1) is 0 Å². The summed E-state index contributed by atoms with van der Waals surface area (Å²) in [7, 11) is 1.65. The van der Waals surface area contributed by atoms with Crippen LogP contribution in [0.4, 0.5) is 5.95 Å². The Hall–Kier alpha value is -2.22. The molecule has 24 heavy (non-hydrogen) atoms. The molecule has 8 heteroatoms. The van der Waals surface area contributed by atoms with Crippen LogP contribution in [0.5, 0.6) is 0 Å². The summed E-state index contributed by atoms with van der Waals surface area (Å²) in [6, 6.07) is 0.527. The number of hydrogen-bond donors (Lipinski definition) is 2. The van der Waals surface area contributed by atoms with Crippen LogP contribution in [-0.4, -0.2) is 64.1 Å². The van der Waals surface area contributed by atoms with Gasteiger partial charge in [0.05, 0.1) is 0 Å². The van der Waals surface area contributed by atoms with Crippen LogP contribution in [0.1, 0.15) is 32.3 Å². The van der Waals surface area contributed by atoms with Crippen molar-refractivity contribution in [3.8, 4) is 0 Å². The number of aliphatic carboxylic acids is 1. The molecule has 1 aliphatic heterocycles. The number of nitrogens with zero attached hydrogens (tertiary/aromatic N) is 4. The van der Waals surface area contributed by atoms with Crippen LogP contribution in [0.25, 0.3) is 0 Å². The molecular formula is C16H25N5O3. The van der Waals surface area contributed by atoms with E-state index in [1.807, 2.05) is 0 Å². The lowest BCUT2D eigenvalue weighted by Gasteiger charge is -2.29. The van der Waals surface area contributed by atoms with E-state index in [9.17, 15) is 9.59 Å². The van der Waals surface area contributed by atoms with E-state index in [0.717, 1.165) is 18.5 Å². The zero-order valence-corrected chi connectivity index (χ0v) is 14.4. The highest BCUT2D eigenvalue weighted by molar-refractivity contribution is 5.78. The van der Waals surface area contributed by atoms with Gasteiger partial charge in [-0.05, 0) is 20.3 Å². The summed E-state index contributed by atoms with van der Waals surface area (Å²) in [6.45, 7) is 5.58. The number of carboxylic acid groups (broad SMARTS) is 1. The fraction of sp³-hybridized carbons (Fsp3) is 0.625. The van der Waals surface area contributed by atoms with Crippen molar-refractivity contribution < 1.29 is 14.7 Å². The Bertz CT molecular complexity index is 576. The molecule has 2 heterocycles. The van der Waals surface area contributed by atoms with Crippen molar-refractivity contribution >= 4 is 17.8 Å². The lowest BCUT2D eigenvalue weighted by molar-refractivity contribution is -0.135. The van der Waals surface area contributed by atoms with Gasteiger partial charge in [0.1, 0.15) is 6.54 Å². The van der Waals surface area contributed by atoms with Gasteiger partial charge in [-0.2, -0.15) is 0 Å². The number of likely N-dealkylation sites (N-methyl/N-ethyl adjacent to an activating group) is 1. The van der Waals surface area contributed by atoms with E-state index in [-0.39, 0.29) is 18.5 Å². The van der Waals surface area contributed by atoms with Crippen molar-refractivity contribution in [2.24, 2.45) is 0 Å². The highest BCUT2D eigenvalue weighted by atomic mass is 16.4. The Balaban J connectivity index is 1.96. The van der Waals surface area contributed by atoms with Gasteiger partial charge in [-0.25, -0.2) is 9.97 Å². The maximum Gasteiger partial charge on any atom is 0.323 e. The van der Waals surface area contributed by atoms with Crippen molar-refractivity contribution in [1.29, 1.82) is 0 Å². The number of nitrogens with one attached hydrogen (secondary N) is 1. The summed E-state index contributed by atoms with van der Waals surface area (Å²) in [5.41, 5.74) is 0.959. The largest absolute Gasteiger partial charge is 0.480 e. The molecule has 2 N–H and O–H groups in total. The van der Waals surface area contributed by atoms with E-state index < -0.39 is 5.97 Å². The topological polar surface area (TPSA) is 98.7 Å². The first-order valence-electron chi connectivity index (χ1n) is 8.12. The van der Waals surface area contributed by atoms with Gasteiger partial charge in [-0.1, -0.05) is 0 Å². The summed E-state index contributed by atoms with van der Waals surface area (Å²) in [4.78, 5) is 34.3. The maximum atomic E-state index is 11.3. The van der Waals surface area contributed by atoms with Gasteiger partial charge in [0.2, 0.25) is 11.9 Å². The Kier molecular flexibility index (Phi) is 6.08. The minimum atomic E-state index is -0.922. The number of rotatable bonds is 8. The van der Waals surface area contributed by atoms with E-state index in [1.165, 1.54) is 4.90 Å². The minimum Gasteiger partial charge on any atom is -0.480 e. The molecule has 1 atom stereocenters. The molecule has 0 aliphatic carbocycles. The quantitative estimate of drug-likeness (QED) is 0.713. The monoisotopic (exact) mass is 335 g/mol. The van der Waals surface area contributed by atoms with E-state index in [0.29, 0.717) is 25.0 Å². The van der Waals surface area contributed by atoms with E-state index >= 15 is 0 Å². The van der Waals surface area contributed by atoms with Gasteiger partial charge < -0.3 is 15.3 Å². The number of amides is 1. The summed E-state index contributed by atoms with van der Waals surface area (Å²) in [6.07, 6.45) is 4.92. The van der Waals surface area contributed by atoms with Gasteiger partial charge in [0.15, 0.2) is 0 Å². The SMILES string of the molecule is CC(C)N(Cc1cnc(N(C)CC(=O)O)nc1)CC1CCC(=O)N1. The lowest BCUT2D eigenvalue weighted by atomic mass is 10.1. The average molecular weight is 335 g/mol. The normalized spacial score (nSPS) is 17.4. The molecule has 1 aliphatic rings. The third-order valence-electron chi connectivity index (χ3n) is 4.06. The minimum absolute atomic E-state index is 0.123. The molecule has 0 spiro atoms. The predicted octanol–water partition coefficient (Wildman–Crippen LogP) is 0.486. The van der Waals surface area contributed by atoms with Crippen molar-refractivity contribution in [2.45, 2.75) is 45.3 Å². The van der Waals surface area contributed by atoms with Crippen molar-refractivity contribution in [3.05, 3.63) is 18.0 Å². The maximum absolute atomic E-state index is 11.3. The first kappa shape index (κ1) is 18.1. The highest BCUT2D eigenvalue weighted by Gasteiger charge is 2.24. The molecule has 132 valence electrons. The van der Waals surface area contributed by atoms with Gasteiger partial charge in [-0.15, -0.1) is 0 Å². The summed E-state index contributed by atoms with van der Waals surface area (Å²) >= 11 is 0. The summed E-state index contributed by atoms with van der Waals surface area (Å²) in [5.74, 6) is -0.409. The fourth-order valence-corrected chi connectivity index (χ4v) is 2.69. The van der Waals surface area contributed by atoms with Crippen LogP contribution in [0.3, 0.4) is 0 Å². The third kappa shape index (κ3) is 5.16. The molecule has 1 aromatic rings. The molecule has 0 aromatic carbocycles.